The topological polar surface area (TPSA) is 61.4 Å². The van der Waals surface area contributed by atoms with Crippen molar-refractivity contribution in [1.82, 2.24) is 20.2 Å². The maximum absolute atomic E-state index is 12.1. The molecule has 0 saturated heterocycles. The highest BCUT2D eigenvalue weighted by atomic mass is 16.2. The third-order valence-corrected chi connectivity index (χ3v) is 3.81. The van der Waals surface area contributed by atoms with Crippen molar-refractivity contribution >= 4 is 11.8 Å². The van der Waals surface area contributed by atoms with E-state index in [9.17, 15) is 4.79 Å². The van der Waals surface area contributed by atoms with Crippen molar-refractivity contribution in [3.8, 4) is 0 Å². The molecule has 6 nitrogen and oxygen atoms in total. The van der Waals surface area contributed by atoms with Crippen LogP contribution in [0.1, 0.15) is 25.1 Å². The molecule has 2 aromatic heterocycles. The van der Waals surface area contributed by atoms with Crippen molar-refractivity contribution in [3.63, 3.8) is 0 Å². The Labute approximate surface area is 143 Å². The molecule has 0 spiro atoms. The molecule has 0 aliphatic carbocycles. The Hall–Kier alpha value is -2.63. The first-order chi connectivity index (χ1) is 11.6. The Balaban J connectivity index is 1.85. The van der Waals surface area contributed by atoms with Crippen LogP contribution in [0.15, 0.2) is 42.7 Å². The van der Waals surface area contributed by atoms with E-state index >= 15 is 0 Å². The van der Waals surface area contributed by atoms with E-state index in [0.29, 0.717) is 13.1 Å². The summed E-state index contributed by atoms with van der Waals surface area (Å²) in [5, 5.41) is 2.90. The number of pyridine rings is 2. The van der Waals surface area contributed by atoms with E-state index in [4.69, 9.17) is 0 Å². The predicted octanol–water partition coefficient (Wildman–Crippen LogP) is 2.66. The molecule has 0 aromatic carbocycles. The summed E-state index contributed by atoms with van der Waals surface area (Å²) in [5.41, 5.74) is 1.84. The molecule has 2 rings (SSSR count). The number of amides is 2. The number of anilines is 1. The molecular formula is C18H25N5O. The highest BCUT2D eigenvalue weighted by Crippen LogP contribution is 2.10. The summed E-state index contributed by atoms with van der Waals surface area (Å²) in [7, 11) is 1.76. The molecule has 24 heavy (non-hydrogen) atoms. The van der Waals surface area contributed by atoms with Gasteiger partial charge in [0.2, 0.25) is 0 Å². The average molecular weight is 327 g/mol. The molecule has 0 atom stereocenters. The number of rotatable bonds is 7. The second-order valence-corrected chi connectivity index (χ2v) is 5.53. The van der Waals surface area contributed by atoms with Crippen LogP contribution in [0.3, 0.4) is 0 Å². The lowest BCUT2D eigenvalue weighted by atomic mass is 10.2. The van der Waals surface area contributed by atoms with Crippen LogP contribution in [-0.2, 0) is 13.1 Å². The van der Waals surface area contributed by atoms with Gasteiger partial charge in [-0.15, -0.1) is 0 Å². The molecule has 0 saturated carbocycles. The third-order valence-electron chi connectivity index (χ3n) is 3.81. The minimum atomic E-state index is -0.131. The second-order valence-electron chi connectivity index (χ2n) is 5.53. The molecular weight excluding hydrogens is 302 g/mol. The summed E-state index contributed by atoms with van der Waals surface area (Å²) in [5.74, 6) is 0.961. The molecule has 0 aliphatic rings. The monoisotopic (exact) mass is 327 g/mol. The summed E-state index contributed by atoms with van der Waals surface area (Å²) in [4.78, 5) is 24.6. The lowest BCUT2D eigenvalue weighted by Crippen LogP contribution is -2.36. The van der Waals surface area contributed by atoms with Crippen molar-refractivity contribution < 1.29 is 4.79 Å². The van der Waals surface area contributed by atoms with Crippen LogP contribution in [0.5, 0.6) is 0 Å². The molecule has 128 valence electrons. The number of carbonyl (C=O) groups excluding carboxylic acids is 1. The lowest BCUT2D eigenvalue weighted by Gasteiger charge is -2.20. The van der Waals surface area contributed by atoms with E-state index in [1.807, 2.05) is 36.5 Å². The fourth-order valence-electron chi connectivity index (χ4n) is 2.38. The fraction of sp³-hybridized carbons (Fsp3) is 0.389. The molecule has 2 aromatic rings. The molecule has 2 heterocycles. The molecule has 0 aliphatic heterocycles. The van der Waals surface area contributed by atoms with Crippen molar-refractivity contribution in [3.05, 3.63) is 54.0 Å². The smallest absolute Gasteiger partial charge is 0.317 e. The van der Waals surface area contributed by atoms with Gasteiger partial charge >= 0.3 is 6.03 Å². The number of nitrogens with zero attached hydrogens (tertiary/aromatic N) is 4. The van der Waals surface area contributed by atoms with E-state index in [1.165, 1.54) is 0 Å². The largest absolute Gasteiger partial charge is 0.357 e. The molecule has 2 amide bonds. The molecule has 1 N–H and O–H groups in total. The standard InChI is InChI=1S/C18H25N5O/c1-4-23(5-2)17-10-9-15(12-20-17)13-21-18(24)22(3)14-16-8-6-7-11-19-16/h6-12H,4-5,13-14H2,1-3H3,(H,21,24). The molecule has 0 unspecified atom stereocenters. The molecule has 0 radical (unpaired) electrons. The zero-order valence-corrected chi connectivity index (χ0v) is 14.6. The van der Waals surface area contributed by atoms with Gasteiger partial charge in [0, 0.05) is 39.1 Å². The highest BCUT2D eigenvalue weighted by Gasteiger charge is 2.09. The van der Waals surface area contributed by atoms with Gasteiger partial charge in [-0.05, 0) is 37.6 Å². The Bertz CT molecular complexity index is 626. The summed E-state index contributed by atoms with van der Waals surface area (Å²) < 4.78 is 0. The van der Waals surface area contributed by atoms with Crippen LogP contribution in [-0.4, -0.2) is 41.0 Å². The van der Waals surface area contributed by atoms with Gasteiger partial charge in [-0.1, -0.05) is 12.1 Å². The maximum atomic E-state index is 12.1. The summed E-state index contributed by atoms with van der Waals surface area (Å²) in [6.07, 6.45) is 3.54. The Kier molecular flexibility index (Phi) is 6.54. The van der Waals surface area contributed by atoms with Crippen LogP contribution in [0.25, 0.3) is 0 Å². The zero-order chi connectivity index (χ0) is 17.4. The SMILES string of the molecule is CCN(CC)c1ccc(CNC(=O)N(C)Cc2ccccn2)cn1. The first-order valence-corrected chi connectivity index (χ1v) is 8.22. The van der Waals surface area contributed by atoms with Gasteiger partial charge in [0.05, 0.1) is 12.2 Å². The minimum Gasteiger partial charge on any atom is -0.357 e. The van der Waals surface area contributed by atoms with Gasteiger partial charge in [0.1, 0.15) is 5.82 Å². The number of nitrogens with one attached hydrogen (secondary N) is 1. The summed E-state index contributed by atoms with van der Waals surface area (Å²) in [6, 6.07) is 9.54. The van der Waals surface area contributed by atoms with Crippen LogP contribution < -0.4 is 10.2 Å². The van der Waals surface area contributed by atoms with Crippen molar-refractivity contribution in [2.45, 2.75) is 26.9 Å². The number of hydrogen-bond donors (Lipinski definition) is 1. The van der Waals surface area contributed by atoms with Crippen LogP contribution in [0.2, 0.25) is 0 Å². The van der Waals surface area contributed by atoms with Gasteiger partial charge in [-0.2, -0.15) is 0 Å². The number of hydrogen-bond acceptors (Lipinski definition) is 4. The quantitative estimate of drug-likeness (QED) is 0.849. The van der Waals surface area contributed by atoms with Gasteiger partial charge < -0.3 is 15.1 Å². The normalized spacial score (nSPS) is 10.3. The van der Waals surface area contributed by atoms with E-state index in [0.717, 1.165) is 30.2 Å². The van der Waals surface area contributed by atoms with E-state index in [-0.39, 0.29) is 6.03 Å². The van der Waals surface area contributed by atoms with Crippen LogP contribution in [0, 0.1) is 0 Å². The Morgan fingerprint density at radius 3 is 2.50 bits per heavy atom. The molecule has 0 bridgehead atoms. The number of aromatic nitrogens is 2. The minimum absolute atomic E-state index is 0.131. The van der Waals surface area contributed by atoms with Crippen LogP contribution in [0.4, 0.5) is 10.6 Å². The zero-order valence-electron chi connectivity index (χ0n) is 14.6. The Morgan fingerprint density at radius 2 is 1.92 bits per heavy atom. The van der Waals surface area contributed by atoms with Gasteiger partial charge in [0.15, 0.2) is 0 Å². The van der Waals surface area contributed by atoms with Crippen LogP contribution >= 0.6 is 0 Å². The predicted molar refractivity (Wildman–Crippen MR) is 95.7 cm³/mol. The fourth-order valence-corrected chi connectivity index (χ4v) is 2.38. The van der Waals surface area contributed by atoms with Gasteiger partial charge in [-0.25, -0.2) is 9.78 Å². The first-order valence-electron chi connectivity index (χ1n) is 8.22. The lowest BCUT2D eigenvalue weighted by molar-refractivity contribution is 0.206. The third kappa shape index (κ3) is 4.94. The second kappa shape index (κ2) is 8.86. The first kappa shape index (κ1) is 17.7. The van der Waals surface area contributed by atoms with Crippen molar-refractivity contribution in [2.24, 2.45) is 0 Å². The highest BCUT2D eigenvalue weighted by molar-refractivity contribution is 5.73. The maximum Gasteiger partial charge on any atom is 0.317 e. The van der Waals surface area contributed by atoms with Gasteiger partial charge in [0.25, 0.3) is 0 Å². The van der Waals surface area contributed by atoms with Gasteiger partial charge in [-0.3, -0.25) is 4.98 Å². The van der Waals surface area contributed by atoms with E-state index in [2.05, 4.69) is 34.0 Å². The molecule has 0 fully saturated rings. The summed E-state index contributed by atoms with van der Waals surface area (Å²) in [6.45, 7) is 7.01. The van der Waals surface area contributed by atoms with Crippen molar-refractivity contribution in [1.29, 1.82) is 0 Å². The number of carbonyl (C=O) groups is 1. The van der Waals surface area contributed by atoms with Crippen molar-refractivity contribution in [2.75, 3.05) is 25.0 Å². The van der Waals surface area contributed by atoms with E-state index < -0.39 is 0 Å². The average Bonchev–Trinajstić information content (AvgIpc) is 2.62. The summed E-state index contributed by atoms with van der Waals surface area (Å²) >= 11 is 0. The Morgan fingerprint density at radius 1 is 1.12 bits per heavy atom. The van der Waals surface area contributed by atoms with E-state index in [1.54, 1.807) is 18.1 Å². The number of urea groups is 1. The molecule has 6 heteroatoms.